The molecule has 0 fully saturated rings. The molecule has 10 nitrogen and oxygen atoms in total. The minimum atomic E-state index is -4.00. The van der Waals surface area contributed by atoms with Crippen molar-refractivity contribution >= 4 is 33.5 Å². The number of nitrogens with one attached hydrogen (secondary N) is 2. The maximum Gasteiger partial charge on any atom is 0.345 e. The number of phenols is 1. The van der Waals surface area contributed by atoms with Crippen molar-refractivity contribution in [1.82, 2.24) is 9.62 Å². The van der Waals surface area contributed by atoms with Crippen LogP contribution in [-0.4, -0.2) is 50.1 Å². The smallest absolute Gasteiger partial charge is 0.345 e. The fourth-order valence-electron chi connectivity index (χ4n) is 2.86. The molecule has 166 valence electrons. The van der Waals surface area contributed by atoms with Crippen molar-refractivity contribution < 1.29 is 22.7 Å². The maximum absolute atomic E-state index is 12.2. The number of benzene rings is 1. The minimum absolute atomic E-state index is 0.0289. The molecule has 0 unspecified atom stereocenters. The molecule has 0 saturated heterocycles. The van der Waals surface area contributed by atoms with Crippen LogP contribution >= 0.6 is 0 Å². The van der Waals surface area contributed by atoms with E-state index in [0.29, 0.717) is 5.76 Å². The number of carbonyl (C=O) groups is 1. The number of hydrogen-bond donors (Lipinski definition) is 3. The first-order chi connectivity index (χ1) is 14.5. The molecule has 31 heavy (non-hydrogen) atoms. The number of amidine groups is 2. The van der Waals surface area contributed by atoms with Gasteiger partial charge in [0.1, 0.15) is 11.8 Å². The van der Waals surface area contributed by atoms with Crippen LogP contribution in [0, 0.1) is 0 Å². The summed E-state index contributed by atoms with van der Waals surface area (Å²) >= 11 is 0. The Balaban J connectivity index is 1.91. The summed E-state index contributed by atoms with van der Waals surface area (Å²) in [7, 11) is -0.875. The van der Waals surface area contributed by atoms with Crippen LogP contribution in [0.3, 0.4) is 0 Å². The lowest BCUT2D eigenvalue weighted by Gasteiger charge is -2.14. The Kier molecular flexibility index (Phi) is 6.07. The highest BCUT2D eigenvalue weighted by atomic mass is 32.2. The second kappa shape index (κ2) is 8.42. The molecule has 0 radical (unpaired) electrons. The van der Waals surface area contributed by atoms with Crippen molar-refractivity contribution in [3.05, 3.63) is 47.4 Å². The first-order valence-electron chi connectivity index (χ1n) is 9.58. The number of rotatable bonds is 5. The van der Waals surface area contributed by atoms with E-state index in [1.54, 1.807) is 33.3 Å². The molecule has 0 saturated carbocycles. The Hall–Kier alpha value is -3.34. The zero-order chi connectivity index (χ0) is 22.9. The van der Waals surface area contributed by atoms with Gasteiger partial charge in [-0.1, -0.05) is 19.9 Å². The molecule has 1 aliphatic heterocycles. The van der Waals surface area contributed by atoms with E-state index in [0.717, 1.165) is 5.56 Å². The molecule has 2 heterocycles. The lowest BCUT2D eigenvalue weighted by atomic mass is 10.1. The fourth-order valence-corrected chi connectivity index (χ4v) is 3.67. The summed E-state index contributed by atoms with van der Waals surface area (Å²) in [5.41, 5.74) is 1.19. The van der Waals surface area contributed by atoms with E-state index >= 15 is 0 Å². The van der Waals surface area contributed by atoms with E-state index in [-0.39, 0.29) is 34.6 Å². The zero-order valence-electron chi connectivity index (χ0n) is 17.9. The number of para-hydroxylation sites is 1. The van der Waals surface area contributed by atoms with Crippen molar-refractivity contribution in [3.8, 4) is 5.75 Å². The van der Waals surface area contributed by atoms with Gasteiger partial charge in [-0.2, -0.15) is 8.42 Å². The van der Waals surface area contributed by atoms with E-state index in [9.17, 15) is 18.3 Å². The van der Waals surface area contributed by atoms with E-state index in [1.807, 2.05) is 19.9 Å². The van der Waals surface area contributed by atoms with Crippen LogP contribution in [0.2, 0.25) is 0 Å². The molecule has 0 aliphatic carbocycles. The second-order valence-electron chi connectivity index (χ2n) is 7.63. The van der Waals surface area contributed by atoms with Crippen LogP contribution in [0.25, 0.3) is 0 Å². The molecular formula is C20H25N5O5S. The Morgan fingerprint density at radius 2 is 2.00 bits per heavy atom. The van der Waals surface area contributed by atoms with Crippen molar-refractivity contribution in [1.29, 1.82) is 0 Å². The SMILES string of the molecule is CC(C)c1coc([C@@H](C)N=C2NS(=O)(=O)N=C2Nc2cccc(C(=O)N(C)C)c2O)c1. The van der Waals surface area contributed by atoms with Crippen LogP contribution in [-0.2, 0) is 10.2 Å². The van der Waals surface area contributed by atoms with Crippen molar-refractivity contribution in [2.45, 2.75) is 32.7 Å². The van der Waals surface area contributed by atoms with Gasteiger partial charge in [0.25, 0.3) is 5.91 Å². The first-order valence-corrected chi connectivity index (χ1v) is 11.0. The third-order valence-corrected chi connectivity index (χ3v) is 5.50. The molecule has 1 amide bonds. The van der Waals surface area contributed by atoms with Crippen LogP contribution in [0.1, 0.15) is 54.4 Å². The summed E-state index contributed by atoms with van der Waals surface area (Å²) < 4.78 is 35.5. The number of nitrogens with zero attached hydrogens (tertiary/aromatic N) is 3. The van der Waals surface area contributed by atoms with Gasteiger partial charge in [0.15, 0.2) is 17.4 Å². The van der Waals surface area contributed by atoms with Gasteiger partial charge in [-0.05, 0) is 36.6 Å². The first kappa shape index (κ1) is 22.3. The highest BCUT2D eigenvalue weighted by Gasteiger charge is 2.29. The Morgan fingerprint density at radius 1 is 1.29 bits per heavy atom. The number of carbonyl (C=O) groups excluding carboxylic acids is 1. The quantitative estimate of drug-likeness (QED) is 0.603. The predicted octanol–water partition coefficient (Wildman–Crippen LogP) is 2.63. The van der Waals surface area contributed by atoms with Gasteiger partial charge in [-0.3, -0.25) is 9.79 Å². The lowest BCUT2D eigenvalue weighted by molar-refractivity contribution is 0.0824. The van der Waals surface area contributed by atoms with Crippen LogP contribution in [0.15, 0.2) is 44.3 Å². The van der Waals surface area contributed by atoms with Crippen molar-refractivity contribution in [2.75, 3.05) is 19.4 Å². The molecule has 11 heteroatoms. The summed E-state index contributed by atoms with van der Waals surface area (Å²) in [5.74, 6) is -0.00921. The molecular weight excluding hydrogens is 422 g/mol. The fraction of sp³-hybridized carbons (Fsp3) is 0.350. The van der Waals surface area contributed by atoms with Crippen LogP contribution in [0.4, 0.5) is 5.69 Å². The molecule has 1 aromatic heterocycles. The third-order valence-electron chi connectivity index (χ3n) is 4.63. The van der Waals surface area contributed by atoms with E-state index < -0.39 is 22.2 Å². The lowest BCUT2D eigenvalue weighted by Crippen LogP contribution is -2.31. The van der Waals surface area contributed by atoms with Gasteiger partial charge in [0.05, 0.1) is 17.5 Å². The Labute approximate surface area is 180 Å². The van der Waals surface area contributed by atoms with E-state index in [4.69, 9.17) is 4.42 Å². The summed E-state index contributed by atoms with van der Waals surface area (Å²) in [6.45, 7) is 5.83. The van der Waals surface area contributed by atoms with Crippen LogP contribution in [0.5, 0.6) is 5.75 Å². The molecule has 1 atom stereocenters. The summed E-state index contributed by atoms with van der Waals surface area (Å²) in [4.78, 5) is 18.0. The molecule has 3 N–H and O–H groups in total. The minimum Gasteiger partial charge on any atom is -0.505 e. The predicted molar refractivity (Wildman–Crippen MR) is 118 cm³/mol. The zero-order valence-corrected chi connectivity index (χ0v) is 18.7. The van der Waals surface area contributed by atoms with Gasteiger partial charge < -0.3 is 19.7 Å². The second-order valence-corrected chi connectivity index (χ2v) is 8.97. The van der Waals surface area contributed by atoms with Crippen LogP contribution < -0.4 is 10.0 Å². The number of hydrogen-bond acceptors (Lipinski definition) is 7. The standard InChI is InChI=1S/C20H25N5O5S/c1-11(2)13-9-16(30-10-13)12(3)21-18-19(24-31(28,29)23-18)22-15-8-6-7-14(17(15)26)20(27)25(4)5/h6-12,26H,1-5H3,(H,21,23)(H,22,24)/t12-/m1/s1. The number of amides is 1. The molecule has 0 bridgehead atoms. The number of aliphatic imine (C=N–C) groups is 1. The van der Waals surface area contributed by atoms with Gasteiger partial charge in [-0.15, -0.1) is 4.40 Å². The van der Waals surface area contributed by atoms with Crippen molar-refractivity contribution in [3.63, 3.8) is 0 Å². The number of furan rings is 1. The maximum atomic E-state index is 12.2. The Bertz CT molecular complexity index is 1160. The van der Waals surface area contributed by atoms with Gasteiger partial charge in [0.2, 0.25) is 0 Å². The normalized spacial score (nSPS) is 17.4. The van der Waals surface area contributed by atoms with Gasteiger partial charge in [0, 0.05) is 14.1 Å². The average molecular weight is 448 g/mol. The van der Waals surface area contributed by atoms with Crippen molar-refractivity contribution in [2.24, 2.45) is 9.39 Å². The van der Waals surface area contributed by atoms with E-state index in [2.05, 4.69) is 19.4 Å². The molecule has 3 rings (SSSR count). The summed E-state index contributed by atoms with van der Waals surface area (Å²) in [6.07, 6.45) is 1.65. The molecule has 1 aromatic carbocycles. The third kappa shape index (κ3) is 4.88. The highest BCUT2D eigenvalue weighted by molar-refractivity contribution is 7.89. The highest BCUT2D eigenvalue weighted by Crippen LogP contribution is 2.29. The molecule has 2 aromatic rings. The summed E-state index contributed by atoms with van der Waals surface area (Å²) in [5, 5.41) is 13.3. The molecule has 0 spiro atoms. The Morgan fingerprint density at radius 3 is 2.61 bits per heavy atom. The van der Waals surface area contributed by atoms with E-state index in [1.165, 1.54) is 17.0 Å². The monoisotopic (exact) mass is 447 g/mol. The largest absolute Gasteiger partial charge is 0.505 e. The number of anilines is 1. The van der Waals surface area contributed by atoms with Gasteiger partial charge >= 0.3 is 10.2 Å². The molecule has 1 aliphatic rings. The average Bonchev–Trinajstić information content (AvgIpc) is 3.27. The number of aromatic hydroxyl groups is 1. The van der Waals surface area contributed by atoms with Gasteiger partial charge in [-0.25, -0.2) is 4.72 Å². The topological polar surface area (TPSA) is 137 Å². The summed E-state index contributed by atoms with van der Waals surface area (Å²) in [6, 6.07) is 5.90. The number of phenolic OH excluding ortho intramolecular Hbond substituents is 1.